The first kappa shape index (κ1) is 12.1. The van der Waals surface area contributed by atoms with E-state index in [1.54, 1.807) is 6.33 Å². The molecule has 92 valence electrons. The van der Waals surface area contributed by atoms with Crippen molar-refractivity contribution in [2.45, 2.75) is 26.7 Å². The standard InChI is InChI=1S/C11H16ClN5/c1-3-5-17(6-4-2)10-8-9(14-7-13-8)15-11(12)16-10/h7H,3-6H2,1-2H3,(H,13,14,15,16). The van der Waals surface area contributed by atoms with Crippen molar-refractivity contribution in [3.63, 3.8) is 0 Å². The van der Waals surface area contributed by atoms with Gasteiger partial charge in [0.05, 0.1) is 6.33 Å². The minimum absolute atomic E-state index is 0.247. The Hall–Kier alpha value is -1.36. The number of nitrogens with one attached hydrogen (secondary N) is 1. The van der Waals surface area contributed by atoms with Gasteiger partial charge in [-0.1, -0.05) is 13.8 Å². The van der Waals surface area contributed by atoms with Gasteiger partial charge < -0.3 is 9.88 Å². The Balaban J connectivity index is 2.46. The molecule has 0 aliphatic carbocycles. The molecule has 0 saturated carbocycles. The Morgan fingerprint density at radius 1 is 1.24 bits per heavy atom. The molecule has 2 rings (SSSR count). The predicted octanol–water partition coefficient (Wildman–Crippen LogP) is 2.63. The molecular formula is C11H16ClN5. The number of aromatic nitrogens is 4. The average molecular weight is 254 g/mol. The van der Waals surface area contributed by atoms with Crippen molar-refractivity contribution in [3.8, 4) is 0 Å². The smallest absolute Gasteiger partial charge is 0.226 e. The molecular weight excluding hydrogens is 238 g/mol. The van der Waals surface area contributed by atoms with Gasteiger partial charge in [-0.2, -0.15) is 9.97 Å². The van der Waals surface area contributed by atoms with Crippen molar-refractivity contribution in [2.75, 3.05) is 18.0 Å². The highest BCUT2D eigenvalue weighted by Crippen LogP contribution is 2.22. The molecule has 0 radical (unpaired) electrons. The molecule has 2 aromatic heterocycles. The third-order valence-electron chi connectivity index (χ3n) is 2.53. The molecule has 0 aliphatic heterocycles. The molecule has 2 heterocycles. The van der Waals surface area contributed by atoms with E-state index < -0.39 is 0 Å². The van der Waals surface area contributed by atoms with Gasteiger partial charge in [-0.15, -0.1) is 0 Å². The largest absolute Gasteiger partial charge is 0.355 e. The molecule has 6 heteroatoms. The number of hydrogen-bond acceptors (Lipinski definition) is 4. The van der Waals surface area contributed by atoms with Gasteiger partial charge in [0.2, 0.25) is 5.28 Å². The number of hydrogen-bond donors (Lipinski definition) is 1. The number of nitrogens with zero attached hydrogens (tertiary/aromatic N) is 4. The van der Waals surface area contributed by atoms with Crippen molar-refractivity contribution >= 4 is 28.6 Å². The van der Waals surface area contributed by atoms with E-state index in [1.807, 2.05) is 0 Å². The van der Waals surface area contributed by atoms with Crippen molar-refractivity contribution in [1.82, 2.24) is 19.9 Å². The van der Waals surface area contributed by atoms with E-state index >= 15 is 0 Å². The average Bonchev–Trinajstić information content (AvgIpc) is 2.75. The van der Waals surface area contributed by atoms with Crippen molar-refractivity contribution < 1.29 is 0 Å². The minimum atomic E-state index is 0.247. The lowest BCUT2D eigenvalue weighted by molar-refractivity contribution is 0.735. The minimum Gasteiger partial charge on any atom is -0.355 e. The summed E-state index contributed by atoms with van der Waals surface area (Å²) in [5.74, 6) is 0.848. The van der Waals surface area contributed by atoms with Crippen LogP contribution in [0, 0.1) is 0 Å². The van der Waals surface area contributed by atoms with Crippen LogP contribution in [0.4, 0.5) is 5.82 Å². The SMILES string of the molecule is CCCN(CCC)c1nc(Cl)nc2nc[nH]c12. The first-order valence-electron chi connectivity index (χ1n) is 5.87. The molecule has 0 aromatic carbocycles. The van der Waals surface area contributed by atoms with Crippen LogP contribution in [0.3, 0.4) is 0 Å². The third-order valence-corrected chi connectivity index (χ3v) is 2.69. The fourth-order valence-corrected chi connectivity index (χ4v) is 2.04. The Kier molecular flexibility index (Phi) is 3.78. The topological polar surface area (TPSA) is 57.7 Å². The Labute approximate surface area is 105 Å². The number of fused-ring (bicyclic) bond motifs is 1. The number of H-pyrrole nitrogens is 1. The van der Waals surface area contributed by atoms with Crippen LogP contribution in [0.1, 0.15) is 26.7 Å². The summed E-state index contributed by atoms with van der Waals surface area (Å²) in [7, 11) is 0. The van der Waals surface area contributed by atoms with Gasteiger partial charge >= 0.3 is 0 Å². The van der Waals surface area contributed by atoms with Gasteiger partial charge in [0, 0.05) is 13.1 Å². The van der Waals surface area contributed by atoms with Gasteiger partial charge in [0.15, 0.2) is 11.5 Å². The van der Waals surface area contributed by atoms with Crippen molar-refractivity contribution in [3.05, 3.63) is 11.6 Å². The second-order valence-corrected chi connectivity index (χ2v) is 4.24. The summed E-state index contributed by atoms with van der Waals surface area (Å²) in [4.78, 5) is 17.8. The van der Waals surface area contributed by atoms with E-state index in [2.05, 4.69) is 38.7 Å². The Morgan fingerprint density at radius 2 is 1.94 bits per heavy atom. The van der Waals surface area contributed by atoms with Gasteiger partial charge in [0.1, 0.15) is 5.52 Å². The lowest BCUT2D eigenvalue weighted by Gasteiger charge is -2.22. The fraction of sp³-hybridized carbons (Fsp3) is 0.545. The van der Waals surface area contributed by atoms with Crippen LogP contribution in [-0.4, -0.2) is 33.0 Å². The molecule has 5 nitrogen and oxygen atoms in total. The van der Waals surface area contributed by atoms with E-state index in [-0.39, 0.29) is 5.28 Å². The maximum atomic E-state index is 5.92. The Bertz CT molecular complexity index is 490. The maximum Gasteiger partial charge on any atom is 0.226 e. The highest BCUT2D eigenvalue weighted by molar-refractivity contribution is 6.28. The molecule has 17 heavy (non-hydrogen) atoms. The van der Waals surface area contributed by atoms with Crippen molar-refractivity contribution in [1.29, 1.82) is 0 Å². The van der Waals surface area contributed by atoms with E-state index in [1.165, 1.54) is 0 Å². The van der Waals surface area contributed by atoms with Gasteiger partial charge in [0.25, 0.3) is 0 Å². The summed E-state index contributed by atoms with van der Waals surface area (Å²) >= 11 is 5.92. The summed E-state index contributed by atoms with van der Waals surface area (Å²) in [5, 5.41) is 0.247. The van der Waals surface area contributed by atoms with E-state index in [0.29, 0.717) is 5.65 Å². The van der Waals surface area contributed by atoms with E-state index in [0.717, 1.165) is 37.3 Å². The summed E-state index contributed by atoms with van der Waals surface area (Å²) in [5.41, 5.74) is 1.48. The summed E-state index contributed by atoms with van der Waals surface area (Å²) in [6.07, 6.45) is 3.75. The summed E-state index contributed by atoms with van der Waals surface area (Å²) in [6.45, 7) is 6.20. The van der Waals surface area contributed by atoms with Crippen molar-refractivity contribution in [2.24, 2.45) is 0 Å². The predicted molar refractivity (Wildman–Crippen MR) is 69.5 cm³/mol. The second-order valence-electron chi connectivity index (χ2n) is 3.90. The molecule has 1 N–H and O–H groups in total. The van der Waals surface area contributed by atoms with Crippen LogP contribution in [0.5, 0.6) is 0 Å². The van der Waals surface area contributed by atoms with Crippen LogP contribution >= 0.6 is 11.6 Å². The number of rotatable bonds is 5. The van der Waals surface area contributed by atoms with Crippen LogP contribution < -0.4 is 4.90 Å². The molecule has 0 amide bonds. The summed E-state index contributed by atoms with van der Waals surface area (Å²) in [6, 6.07) is 0. The highest BCUT2D eigenvalue weighted by atomic mass is 35.5. The molecule has 0 atom stereocenters. The van der Waals surface area contributed by atoms with Gasteiger partial charge in [-0.05, 0) is 24.4 Å². The number of anilines is 1. The first-order valence-corrected chi connectivity index (χ1v) is 6.25. The molecule has 0 saturated heterocycles. The first-order chi connectivity index (χ1) is 8.26. The van der Waals surface area contributed by atoms with Crippen LogP contribution in [0.15, 0.2) is 6.33 Å². The maximum absolute atomic E-state index is 5.92. The van der Waals surface area contributed by atoms with Crippen LogP contribution in [-0.2, 0) is 0 Å². The van der Waals surface area contributed by atoms with Crippen LogP contribution in [0.25, 0.3) is 11.2 Å². The molecule has 0 bridgehead atoms. The van der Waals surface area contributed by atoms with Crippen LogP contribution in [0.2, 0.25) is 5.28 Å². The van der Waals surface area contributed by atoms with E-state index in [9.17, 15) is 0 Å². The zero-order chi connectivity index (χ0) is 12.3. The summed E-state index contributed by atoms with van der Waals surface area (Å²) < 4.78 is 0. The normalized spacial score (nSPS) is 11.0. The van der Waals surface area contributed by atoms with Gasteiger partial charge in [-0.25, -0.2) is 4.98 Å². The molecule has 0 fully saturated rings. The molecule has 0 unspecified atom stereocenters. The fourth-order valence-electron chi connectivity index (χ4n) is 1.88. The zero-order valence-electron chi connectivity index (χ0n) is 10.1. The zero-order valence-corrected chi connectivity index (χ0v) is 10.8. The number of halogens is 1. The second kappa shape index (κ2) is 5.31. The Morgan fingerprint density at radius 3 is 2.59 bits per heavy atom. The molecule has 2 aromatic rings. The lowest BCUT2D eigenvalue weighted by atomic mass is 10.3. The molecule has 0 aliphatic rings. The van der Waals surface area contributed by atoms with Gasteiger partial charge in [-0.3, -0.25) is 0 Å². The molecule has 0 spiro atoms. The number of imidazole rings is 1. The lowest BCUT2D eigenvalue weighted by Crippen LogP contribution is -2.26. The quantitative estimate of drug-likeness (QED) is 0.833. The number of aromatic amines is 1. The third kappa shape index (κ3) is 2.49. The van der Waals surface area contributed by atoms with E-state index in [4.69, 9.17) is 11.6 Å². The highest BCUT2D eigenvalue weighted by Gasteiger charge is 2.14. The monoisotopic (exact) mass is 253 g/mol.